The predicted octanol–water partition coefficient (Wildman–Crippen LogP) is 4.56. The fourth-order valence-corrected chi connectivity index (χ4v) is 5.01. The summed E-state index contributed by atoms with van der Waals surface area (Å²) < 4.78 is 10.8. The van der Waals surface area contributed by atoms with E-state index in [2.05, 4.69) is 56.8 Å². The van der Waals surface area contributed by atoms with Crippen molar-refractivity contribution >= 4 is 47.6 Å². The molecule has 4 rings (SSSR count). The van der Waals surface area contributed by atoms with E-state index in [1.165, 1.54) is 11.1 Å². The Labute approximate surface area is 244 Å². The number of amides is 2. The third kappa shape index (κ3) is 8.93. The van der Waals surface area contributed by atoms with E-state index in [-0.39, 0.29) is 18.3 Å². The maximum Gasteiger partial charge on any atom is 0.312 e. The lowest BCUT2D eigenvalue weighted by Gasteiger charge is -2.33. The number of urea groups is 1. The first-order valence-electron chi connectivity index (χ1n) is 12.4. The number of primary amides is 1. The van der Waals surface area contributed by atoms with Crippen LogP contribution in [0.1, 0.15) is 22.6 Å². The highest BCUT2D eigenvalue weighted by Crippen LogP contribution is 2.39. The molecule has 2 amide bonds. The molecule has 1 aromatic heterocycles. The van der Waals surface area contributed by atoms with Crippen LogP contribution in [0.15, 0.2) is 48.8 Å². The summed E-state index contributed by atoms with van der Waals surface area (Å²) in [5.74, 6) is 0.702. The molecule has 39 heavy (non-hydrogen) atoms. The van der Waals surface area contributed by atoms with E-state index in [0.717, 1.165) is 29.8 Å². The zero-order valence-electron chi connectivity index (χ0n) is 21.7. The molecule has 2 heterocycles. The van der Waals surface area contributed by atoms with E-state index in [1.54, 1.807) is 0 Å². The Hall–Kier alpha value is -2.66. The number of likely N-dealkylation sites (N-methyl/N-ethyl adjacent to an activating group) is 1. The molecule has 1 atom stereocenters. The highest BCUT2D eigenvalue weighted by molar-refractivity contribution is 6.35. The first kappa shape index (κ1) is 30.9. The van der Waals surface area contributed by atoms with Gasteiger partial charge in [0.2, 0.25) is 5.95 Å². The zero-order valence-corrected chi connectivity index (χ0v) is 24.0. The van der Waals surface area contributed by atoms with Gasteiger partial charge in [-0.05, 0) is 41.4 Å². The van der Waals surface area contributed by atoms with Gasteiger partial charge in [0.1, 0.15) is 0 Å². The van der Waals surface area contributed by atoms with E-state index < -0.39 is 6.03 Å². The van der Waals surface area contributed by atoms with E-state index >= 15 is 0 Å². The second-order valence-corrected chi connectivity index (χ2v) is 9.91. The van der Waals surface area contributed by atoms with Crippen molar-refractivity contribution in [3.63, 3.8) is 0 Å². The molecule has 0 radical (unpaired) electrons. The van der Waals surface area contributed by atoms with Gasteiger partial charge in [-0.15, -0.1) is 12.4 Å². The number of benzene rings is 2. The molecule has 0 spiro atoms. The molecule has 2 aromatic carbocycles. The number of nitrogens with one attached hydrogen (secondary N) is 2. The van der Waals surface area contributed by atoms with Crippen molar-refractivity contribution in [3.8, 4) is 11.1 Å². The molecule has 4 N–H and O–H groups in total. The number of hydrogen-bond acceptors (Lipinski definition) is 7. The average molecular weight is 596 g/mol. The summed E-state index contributed by atoms with van der Waals surface area (Å²) in [6.07, 6.45) is 3.63. The van der Waals surface area contributed by atoms with Crippen LogP contribution in [0, 0.1) is 0 Å². The maximum absolute atomic E-state index is 10.6. The van der Waals surface area contributed by atoms with E-state index in [0.29, 0.717) is 55.5 Å². The molecule has 0 saturated heterocycles. The van der Waals surface area contributed by atoms with Crippen molar-refractivity contribution in [3.05, 3.63) is 75.5 Å². The Morgan fingerprint density at radius 2 is 1.77 bits per heavy atom. The molecular formula is C27H33Cl3N6O3. The number of anilines is 1. The van der Waals surface area contributed by atoms with Gasteiger partial charge in [-0.2, -0.15) is 0 Å². The normalized spacial score (nSPS) is 14.8. The van der Waals surface area contributed by atoms with Crippen LogP contribution in [-0.4, -0.2) is 74.0 Å². The van der Waals surface area contributed by atoms with Gasteiger partial charge in [0.25, 0.3) is 0 Å². The van der Waals surface area contributed by atoms with Crippen LogP contribution < -0.4 is 16.4 Å². The minimum Gasteiger partial charge on any atom is -0.377 e. The second kappa shape index (κ2) is 15.2. The van der Waals surface area contributed by atoms with Gasteiger partial charge >= 0.3 is 6.03 Å². The van der Waals surface area contributed by atoms with Gasteiger partial charge in [-0.25, -0.2) is 14.8 Å². The molecular weight excluding hydrogens is 563 g/mol. The minimum absolute atomic E-state index is 0. The van der Waals surface area contributed by atoms with Crippen molar-refractivity contribution in [1.29, 1.82) is 0 Å². The number of hydrogen-bond donors (Lipinski definition) is 3. The molecule has 0 aliphatic carbocycles. The van der Waals surface area contributed by atoms with E-state index in [4.69, 9.17) is 38.4 Å². The Balaban J connectivity index is 0.00000420. The predicted molar refractivity (Wildman–Crippen MR) is 157 cm³/mol. The molecule has 210 valence electrons. The monoisotopic (exact) mass is 594 g/mol. The summed E-state index contributed by atoms with van der Waals surface area (Å²) in [5.41, 5.74) is 10.5. The van der Waals surface area contributed by atoms with Gasteiger partial charge < -0.3 is 30.7 Å². The Bertz CT molecular complexity index is 1230. The SMILES string of the molecule is CN1Cc2c(Cl)cc(Cl)cc2[C@H](c2cccc(-c3cnc(NCCOCCOCCNC(N)=O)nc3)c2)C1.Cl. The number of nitrogens with zero attached hydrogens (tertiary/aromatic N) is 3. The highest BCUT2D eigenvalue weighted by Gasteiger charge is 2.27. The summed E-state index contributed by atoms with van der Waals surface area (Å²) in [4.78, 5) is 21.8. The molecule has 1 aliphatic rings. The van der Waals surface area contributed by atoms with Gasteiger partial charge in [-0.3, -0.25) is 0 Å². The summed E-state index contributed by atoms with van der Waals surface area (Å²) in [7, 11) is 2.11. The standard InChI is InChI=1S/C27H32Cl2N6O3.ClH/c1-35-16-23(22-12-21(28)13-25(29)24(22)17-35)19-4-2-3-18(11-19)20-14-33-27(34-15-20)32-6-8-38-10-9-37-7-5-31-26(30)36;/h2-4,11-15,23H,5-10,16-17H2,1H3,(H3,30,31,36)(H,32,33,34);1H/t23-;/m0./s1. The van der Waals surface area contributed by atoms with Crippen LogP contribution >= 0.6 is 35.6 Å². The van der Waals surface area contributed by atoms with Gasteiger partial charge in [-0.1, -0.05) is 47.5 Å². The molecule has 1 aliphatic heterocycles. The van der Waals surface area contributed by atoms with Crippen molar-refractivity contribution in [2.24, 2.45) is 5.73 Å². The summed E-state index contributed by atoms with van der Waals surface area (Å²) in [6, 6.07) is 11.8. The number of nitrogens with two attached hydrogens (primary N) is 1. The molecule has 0 saturated carbocycles. The Kier molecular flexibility index (Phi) is 12.0. The van der Waals surface area contributed by atoms with Gasteiger partial charge in [0.05, 0.1) is 26.4 Å². The number of ether oxygens (including phenoxy) is 2. The number of fused-ring (bicyclic) bond motifs is 1. The molecule has 0 bridgehead atoms. The minimum atomic E-state index is -0.560. The van der Waals surface area contributed by atoms with E-state index in [9.17, 15) is 4.79 Å². The number of halogens is 3. The summed E-state index contributed by atoms with van der Waals surface area (Å²) in [5, 5.41) is 6.98. The molecule has 3 aromatic rings. The van der Waals surface area contributed by atoms with Crippen molar-refractivity contribution < 1.29 is 14.3 Å². The zero-order chi connectivity index (χ0) is 26.9. The maximum atomic E-state index is 10.6. The quantitative estimate of drug-likeness (QED) is 0.263. The fourth-order valence-electron chi connectivity index (χ4n) is 4.44. The van der Waals surface area contributed by atoms with Crippen LogP contribution in [0.25, 0.3) is 11.1 Å². The van der Waals surface area contributed by atoms with Crippen molar-refractivity contribution in [2.45, 2.75) is 12.5 Å². The van der Waals surface area contributed by atoms with Gasteiger partial charge in [0, 0.05) is 60.1 Å². The molecule has 9 nitrogen and oxygen atoms in total. The number of carbonyl (C=O) groups excluding carboxylic acids is 1. The highest BCUT2D eigenvalue weighted by atomic mass is 35.5. The van der Waals surface area contributed by atoms with Crippen LogP contribution in [0.4, 0.5) is 10.7 Å². The summed E-state index contributed by atoms with van der Waals surface area (Å²) >= 11 is 12.9. The molecule has 0 fully saturated rings. The average Bonchev–Trinajstić information content (AvgIpc) is 2.90. The topological polar surface area (TPSA) is 115 Å². The Morgan fingerprint density at radius 1 is 1.05 bits per heavy atom. The lowest BCUT2D eigenvalue weighted by Crippen LogP contribution is -2.32. The summed E-state index contributed by atoms with van der Waals surface area (Å²) in [6.45, 7) is 4.40. The van der Waals surface area contributed by atoms with Crippen molar-refractivity contribution in [2.75, 3.05) is 58.4 Å². The van der Waals surface area contributed by atoms with Crippen LogP contribution in [-0.2, 0) is 16.0 Å². The third-order valence-electron chi connectivity index (χ3n) is 6.21. The van der Waals surface area contributed by atoms with Crippen molar-refractivity contribution in [1.82, 2.24) is 20.2 Å². The Morgan fingerprint density at radius 3 is 2.49 bits per heavy atom. The van der Waals surface area contributed by atoms with E-state index in [1.807, 2.05) is 24.5 Å². The number of rotatable bonds is 12. The fraction of sp³-hybridized carbons (Fsp3) is 0.370. The first-order chi connectivity index (χ1) is 18.4. The second-order valence-electron chi connectivity index (χ2n) is 9.07. The lowest BCUT2D eigenvalue weighted by atomic mass is 9.84. The molecule has 0 unspecified atom stereocenters. The van der Waals surface area contributed by atoms with Gasteiger partial charge in [0.15, 0.2) is 0 Å². The molecule has 12 heteroatoms. The van der Waals surface area contributed by atoms with Crippen LogP contribution in [0.5, 0.6) is 0 Å². The smallest absolute Gasteiger partial charge is 0.312 e. The third-order valence-corrected chi connectivity index (χ3v) is 6.77. The van der Waals surface area contributed by atoms with Crippen LogP contribution in [0.2, 0.25) is 10.0 Å². The number of aromatic nitrogens is 2. The first-order valence-corrected chi connectivity index (χ1v) is 13.2. The lowest BCUT2D eigenvalue weighted by molar-refractivity contribution is 0.0533. The van der Waals surface area contributed by atoms with Crippen LogP contribution in [0.3, 0.4) is 0 Å². The number of carbonyl (C=O) groups is 1. The largest absolute Gasteiger partial charge is 0.377 e.